The molecule has 0 aliphatic heterocycles. The van der Waals surface area contributed by atoms with Gasteiger partial charge in [-0.3, -0.25) is 8.42 Å². The van der Waals surface area contributed by atoms with E-state index in [4.69, 9.17) is 27.4 Å². The molecule has 0 aromatic carbocycles. The van der Waals surface area contributed by atoms with Crippen LogP contribution in [0.3, 0.4) is 0 Å². The summed E-state index contributed by atoms with van der Waals surface area (Å²) < 4.78 is 34.1. The van der Waals surface area contributed by atoms with Gasteiger partial charge in [0.05, 0.1) is 0 Å². The molecule has 0 aliphatic rings. The zero-order chi connectivity index (χ0) is 7.21. The van der Waals surface area contributed by atoms with Crippen molar-refractivity contribution >= 4 is 16.9 Å². The van der Waals surface area contributed by atoms with Crippen LogP contribution in [0.2, 0.25) is 0 Å². The molecule has 0 radical (unpaired) electrons. The molecule has 0 fully saturated rings. The predicted octanol–water partition coefficient (Wildman–Crippen LogP) is -12.0. The quantitative estimate of drug-likeness (QED) is 0.163. The van der Waals surface area contributed by atoms with Crippen LogP contribution in [-0.2, 0) is 15.2 Å². The molecule has 0 amide bonds. The molecule has 0 unspecified atom stereocenters. The Morgan fingerprint density at radius 1 is 1.09 bits per heavy atom. The summed E-state index contributed by atoms with van der Waals surface area (Å²) in [6.07, 6.45) is 0. The Bertz CT molecular complexity index is 135. The second-order valence-electron chi connectivity index (χ2n) is 0.504. The fourth-order valence-electron chi connectivity index (χ4n) is 0. The molecule has 10 heteroatoms. The van der Waals surface area contributed by atoms with Gasteiger partial charge >= 0.3 is 78.0 Å². The third kappa shape index (κ3) is 314. The van der Waals surface area contributed by atoms with Crippen LogP contribution in [0.1, 0.15) is 0 Å². The molecule has 0 bridgehead atoms. The van der Waals surface area contributed by atoms with E-state index in [0.29, 0.717) is 0 Å². The van der Waals surface area contributed by atoms with Gasteiger partial charge < -0.3 is 19.0 Å². The van der Waals surface area contributed by atoms with Crippen LogP contribution >= 0.6 is 0 Å². The van der Waals surface area contributed by atoms with Crippen LogP contribution < -0.4 is 83.1 Å². The monoisotopic (exact) mass is 194 g/mol. The average Bonchev–Trinajstić information content (AvgIpc) is 1.27. The number of hydrogen-bond donors (Lipinski definition) is 0. The molecule has 0 aromatic rings. The maximum Gasteiger partial charge on any atom is 1.00 e. The number of carbonyl (C=O) groups is 1. The Morgan fingerprint density at radius 2 is 1.09 bits per heavy atom. The van der Waals surface area contributed by atoms with Gasteiger partial charge in [0, 0.05) is 16.9 Å². The minimum atomic E-state index is -5.17. The largest absolute Gasteiger partial charge is 1.00 e. The van der Waals surface area contributed by atoms with Crippen molar-refractivity contribution in [2.24, 2.45) is 0 Å². The van der Waals surface area contributed by atoms with E-state index in [0.717, 1.165) is 0 Å². The van der Waals surface area contributed by atoms with Crippen molar-refractivity contribution in [2.75, 3.05) is 0 Å². The van der Waals surface area contributed by atoms with Crippen LogP contribution in [0.25, 0.3) is 0 Å². The Morgan fingerprint density at radius 3 is 1.09 bits per heavy atom. The molecule has 11 heavy (non-hydrogen) atoms. The molecule has 6 nitrogen and oxygen atoms in total. The summed E-state index contributed by atoms with van der Waals surface area (Å²) in [5.41, 5.74) is 0. The first kappa shape index (κ1) is 29.3. The van der Waals surface area contributed by atoms with E-state index in [9.17, 15) is 0 Å². The zero-order valence-electron chi connectivity index (χ0n) is 6.44. The zero-order valence-corrected chi connectivity index (χ0v) is 11.3. The van der Waals surface area contributed by atoms with Gasteiger partial charge in [-0.25, -0.2) is 0 Å². The van der Waals surface area contributed by atoms with Crippen molar-refractivity contribution in [3.05, 3.63) is 0 Å². The van der Waals surface area contributed by atoms with E-state index in [1.54, 1.807) is 0 Å². The Labute approximate surface area is 120 Å². The predicted molar refractivity (Wildman–Crippen MR) is 16.5 cm³/mol. The van der Waals surface area contributed by atoms with Gasteiger partial charge in [0.2, 0.25) is 0 Å². The summed E-state index contributed by atoms with van der Waals surface area (Å²) in [5, 5.41) is 8.25. The first-order valence-electron chi connectivity index (χ1n) is 1.14. The van der Waals surface area contributed by atoms with E-state index in [1.165, 1.54) is 0 Å². The number of hydrogen-bond acceptors (Lipinski definition) is 6. The number of rotatable bonds is 0. The Hall–Kier alpha value is 1.94. The van der Waals surface area contributed by atoms with Crippen LogP contribution in [0, 0.1) is 0 Å². The van der Waals surface area contributed by atoms with Crippen molar-refractivity contribution < 1.29 is 105 Å². The molecular formula is CHLiNa2O6S. The summed E-state index contributed by atoms with van der Waals surface area (Å²) in [6.45, 7) is -0.500. The van der Waals surface area contributed by atoms with E-state index in [2.05, 4.69) is 0 Å². The summed E-state index contributed by atoms with van der Waals surface area (Å²) in [4.78, 5) is 8.25. The first-order chi connectivity index (χ1) is 3.41. The third-order valence-electron chi connectivity index (χ3n) is 0. The second kappa shape index (κ2) is 17.9. The molecule has 0 atom stereocenters. The molecule has 0 aromatic heterocycles. The van der Waals surface area contributed by atoms with E-state index in [1.807, 2.05) is 0 Å². The fourth-order valence-corrected chi connectivity index (χ4v) is 0. The average molecular weight is 194 g/mol. The summed E-state index contributed by atoms with van der Waals surface area (Å²) in [7, 11) is -5.17. The minimum Gasteiger partial charge on any atom is -0.759 e. The van der Waals surface area contributed by atoms with Crippen molar-refractivity contribution in [2.45, 2.75) is 0 Å². The van der Waals surface area contributed by atoms with Crippen LogP contribution in [-0.4, -0.2) is 24.0 Å². The van der Waals surface area contributed by atoms with Gasteiger partial charge in [-0.05, 0) is 0 Å². The van der Waals surface area contributed by atoms with Crippen LogP contribution in [0.5, 0.6) is 0 Å². The number of carbonyl (C=O) groups excluding carboxylic acids is 1. The second-order valence-corrected chi connectivity index (χ2v) is 1.32. The van der Waals surface area contributed by atoms with Crippen molar-refractivity contribution in [1.29, 1.82) is 0 Å². The molecule has 0 spiro atoms. The molecule has 0 aliphatic carbocycles. The van der Waals surface area contributed by atoms with Gasteiger partial charge in [-0.1, -0.05) is 0 Å². The van der Waals surface area contributed by atoms with Gasteiger partial charge in [-0.2, -0.15) is 0 Å². The van der Waals surface area contributed by atoms with Gasteiger partial charge in [0.1, 0.15) is 0 Å². The molecule has 0 heterocycles. The molecule has 0 rings (SSSR count). The number of carboxylic acid groups (broad SMARTS) is 1. The van der Waals surface area contributed by atoms with E-state index < -0.39 is 16.9 Å². The normalized spacial score (nSPS) is 6.36. The van der Waals surface area contributed by atoms with Gasteiger partial charge in [0.25, 0.3) is 0 Å². The maximum atomic E-state index is 8.52. The summed E-state index contributed by atoms with van der Waals surface area (Å²) in [6, 6.07) is 0. The van der Waals surface area contributed by atoms with Crippen molar-refractivity contribution in [3.63, 3.8) is 0 Å². The van der Waals surface area contributed by atoms with Crippen molar-refractivity contribution in [1.82, 2.24) is 0 Å². The maximum absolute atomic E-state index is 8.52. The SMILES string of the molecule is O=C[O-].O=S(=O)([O-])[O-].[Li+].[Na+].[Na+]. The summed E-state index contributed by atoms with van der Waals surface area (Å²) >= 11 is 0. The molecule has 0 saturated heterocycles. The standard InChI is InChI=1S/CH2O2.Li.2Na.H2O4S/c2-1-3;;;;1-5(2,3)4/h1H,(H,2,3);;;;(H2,1,2,3,4)/q;3*+1;/p-3. The van der Waals surface area contributed by atoms with Gasteiger partial charge in [0.15, 0.2) is 0 Å². The molecule has 50 valence electrons. The Balaban J connectivity index is -0.0000000183. The molecular weight excluding hydrogens is 193 g/mol. The topological polar surface area (TPSA) is 120 Å². The molecule has 0 N–H and O–H groups in total. The first-order valence-corrected chi connectivity index (χ1v) is 2.47. The summed E-state index contributed by atoms with van der Waals surface area (Å²) in [5.74, 6) is 0. The smallest absolute Gasteiger partial charge is 0.759 e. The third-order valence-corrected chi connectivity index (χ3v) is 0. The Kier molecular flexibility index (Phi) is 47.6. The minimum absolute atomic E-state index is 0. The fraction of sp³-hybridized carbons (Fsp3) is 0. The van der Waals surface area contributed by atoms with E-state index in [-0.39, 0.29) is 78.0 Å². The van der Waals surface area contributed by atoms with Crippen LogP contribution in [0.15, 0.2) is 0 Å². The van der Waals surface area contributed by atoms with Crippen molar-refractivity contribution in [3.8, 4) is 0 Å². The van der Waals surface area contributed by atoms with E-state index >= 15 is 0 Å². The van der Waals surface area contributed by atoms with Gasteiger partial charge in [-0.15, -0.1) is 0 Å². The molecule has 0 saturated carbocycles. The van der Waals surface area contributed by atoms with Crippen LogP contribution in [0.4, 0.5) is 0 Å².